The molecule has 154 valence electrons. The van der Waals surface area contributed by atoms with Gasteiger partial charge in [0.1, 0.15) is 11.5 Å². The summed E-state index contributed by atoms with van der Waals surface area (Å²) in [5, 5.41) is 14.1. The maximum Gasteiger partial charge on any atom is 0.416 e. The van der Waals surface area contributed by atoms with Crippen LogP contribution in [0.3, 0.4) is 0 Å². The molecule has 0 spiro atoms. The fraction of sp³-hybridized carbons (Fsp3) is 0.200. The van der Waals surface area contributed by atoms with Crippen molar-refractivity contribution in [3.8, 4) is 0 Å². The van der Waals surface area contributed by atoms with Gasteiger partial charge in [0.05, 0.1) is 21.4 Å². The van der Waals surface area contributed by atoms with E-state index < -0.39 is 22.2 Å². The number of anilines is 1. The molecule has 1 aromatic heterocycles. The van der Waals surface area contributed by atoms with Gasteiger partial charge in [-0.15, -0.1) is 0 Å². The molecule has 0 atom stereocenters. The Bertz CT molecular complexity index is 1280. The van der Waals surface area contributed by atoms with Gasteiger partial charge in [-0.05, 0) is 47.9 Å². The SMILES string of the molecule is CNc1ccc(/C=C2\CCn3c2nc2cc(C(F)(F)F)ccc2c3=O)cc1[N+](=O)[O-]. The van der Waals surface area contributed by atoms with Crippen molar-refractivity contribution in [1.82, 2.24) is 9.55 Å². The Kier molecular flexibility index (Phi) is 4.56. The molecule has 0 fully saturated rings. The number of halogens is 3. The Morgan fingerprint density at radius 2 is 2.00 bits per heavy atom. The monoisotopic (exact) mass is 416 g/mol. The molecule has 0 radical (unpaired) electrons. The summed E-state index contributed by atoms with van der Waals surface area (Å²) >= 11 is 0. The van der Waals surface area contributed by atoms with E-state index >= 15 is 0 Å². The number of hydrogen-bond acceptors (Lipinski definition) is 5. The molecule has 0 saturated carbocycles. The second-order valence-electron chi connectivity index (χ2n) is 6.83. The number of hydrogen-bond donors (Lipinski definition) is 1. The van der Waals surface area contributed by atoms with Gasteiger partial charge in [-0.1, -0.05) is 6.07 Å². The minimum atomic E-state index is -4.54. The predicted molar refractivity (Wildman–Crippen MR) is 106 cm³/mol. The van der Waals surface area contributed by atoms with E-state index in [0.29, 0.717) is 29.8 Å². The lowest BCUT2D eigenvalue weighted by atomic mass is 10.1. The average molecular weight is 416 g/mol. The molecule has 1 aliphatic heterocycles. The molecule has 1 aliphatic rings. The van der Waals surface area contributed by atoms with Gasteiger partial charge in [-0.25, -0.2) is 4.98 Å². The van der Waals surface area contributed by atoms with E-state index in [1.807, 2.05) is 0 Å². The zero-order valence-electron chi connectivity index (χ0n) is 15.7. The molecule has 0 saturated heterocycles. The lowest BCUT2D eigenvalue weighted by Crippen LogP contribution is -2.21. The molecule has 7 nitrogen and oxygen atoms in total. The third kappa shape index (κ3) is 3.30. The summed E-state index contributed by atoms with van der Waals surface area (Å²) in [6.45, 7) is 0.334. The van der Waals surface area contributed by atoms with Crippen molar-refractivity contribution < 1.29 is 18.1 Å². The highest BCUT2D eigenvalue weighted by molar-refractivity contribution is 5.85. The van der Waals surface area contributed by atoms with E-state index in [0.717, 1.165) is 18.2 Å². The van der Waals surface area contributed by atoms with Crippen LogP contribution in [-0.4, -0.2) is 21.5 Å². The molecule has 4 rings (SSSR count). The van der Waals surface area contributed by atoms with Crippen LogP contribution in [0.1, 0.15) is 23.4 Å². The number of benzene rings is 2. The van der Waals surface area contributed by atoms with Crippen LogP contribution in [0.5, 0.6) is 0 Å². The number of rotatable bonds is 3. The van der Waals surface area contributed by atoms with Crippen LogP contribution in [0.2, 0.25) is 0 Å². The van der Waals surface area contributed by atoms with Crippen LogP contribution in [0.25, 0.3) is 22.6 Å². The third-order valence-electron chi connectivity index (χ3n) is 5.00. The number of aromatic nitrogens is 2. The molecule has 1 N–H and O–H groups in total. The summed E-state index contributed by atoms with van der Waals surface area (Å²) in [7, 11) is 1.57. The Labute approximate surface area is 167 Å². The number of nitrogens with one attached hydrogen (secondary N) is 1. The molecule has 2 heterocycles. The number of fused-ring (bicyclic) bond motifs is 2. The summed E-state index contributed by atoms with van der Waals surface area (Å²) in [6, 6.07) is 7.50. The van der Waals surface area contributed by atoms with E-state index in [-0.39, 0.29) is 22.4 Å². The van der Waals surface area contributed by atoms with Crippen molar-refractivity contribution in [2.75, 3.05) is 12.4 Å². The number of nitro groups is 1. The topological polar surface area (TPSA) is 90.1 Å². The number of nitro benzene ring substituents is 1. The molecule has 0 bridgehead atoms. The van der Waals surface area contributed by atoms with Gasteiger partial charge >= 0.3 is 6.18 Å². The molecular weight excluding hydrogens is 401 g/mol. The van der Waals surface area contributed by atoms with Gasteiger partial charge in [0, 0.05) is 19.7 Å². The Balaban J connectivity index is 1.85. The highest BCUT2D eigenvalue weighted by Gasteiger charge is 2.31. The summed E-state index contributed by atoms with van der Waals surface area (Å²) in [5.74, 6) is 0.271. The molecule has 10 heteroatoms. The minimum absolute atomic E-state index is 0.0367. The third-order valence-corrected chi connectivity index (χ3v) is 5.00. The smallest absolute Gasteiger partial charge is 0.383 e. The standard InChI is InChI=1S/C20H15F3N4O3/c1-24-15-5-2-11(9-17(15)27(29)30)8-12-6-7-26-18(12)25-16-10-13(20(21,22)23)3-4-14(16)19(26)28/h2-5,8-10,24H,6-7H2,1H3/b12-8+. The highest BCUT2D eigenvalue weighted by Crippen LogP contribution is 2.33. The minimum Gasteiger partial charge on any atom is -0.383 e. The summed E-state index contributed by atoms with van der Waals surface area (Å²) < 4.78 is 40.5. The normalized spacial score (nSPS) is 14.9. The lowest BCUT2D eigenvalue weighted by Gasteiger charge is -2.09. The maximum absolute atomic E-state index is 13.0. The van der Waals surface area contributed by atoms with E-state index in [2.05, 4.69) is 10.3 Å². The quantitative estimate of drug-likeness (QED) is 0.508. The van der Waals surface area contributed by atoms with Crippen molar-refractivity contribution in [1.29, 1.82) is 0 Å². The number of allylic oxidation sites excluding steroid dienone is 1. The largest absolute Gasteiger partial charge is 0.416 e. The molecule has 30 heavy (non-hydrogen) atoms. The fourth-order valence-electron chi connectivity index (χ4n) is 3.53. The van der Waals surface area contributed by atoms with Gasteiger partial charge in [0.25, 0.3) is 11.2 Å². The predicted octanol–water partition coefficient (Wildman–Crippen LogP) is 4.31. The first-order chi connectivity index (χ1) is 14.2. The zero-order chi connectivity index (χ0) is 21.6. The van der Waals surface area contributed by atoms with Gasteiger partial charge in [0.15, 0.2) is 0 Å². The van der Waals surface area contributed by atoms with Crippen molar-refractivity contribution in [2.24, 2.45) is 0 Å². The first kappa shape index (κ1) is 19.6. The summed E-state index contributed by atoms with van der Waals surface area (Å²) in [6.07, 6.45) is -2.44. The molecule has 0 amide bonds. The van der Waals surface area contributed by atoms with E-state index in [1.54, 1.807) is 25.3 Å². The first-order valence-corrected chi connectivity index (χ1v) is 8.98. The van der Waals surface area contributed by atoms with Crippen molar-refractivity contribution >= 4 is 33.9 Å². The van der Waals surface area contributed by atoms with Crippen LogP contribution >= 0.6 is 0 Å². The van der Waals surface area contributed by atoms with Crippen molar-refractivity contribution in [2.45, 2.75) is 19.1 Å². The van der Waals surface area contributed by atoms with Gasteiger partial charge in [-0.3, -0.25) is 19.5 Å². The number of alkyl halides is 3. The summed E-state index contributed by atoms with van der Waals surface area (Å²) in [4.78, 5) is 27.8. The van der Waals surface area contributed by atoms with Gasteiger partial charge in [0.2, 0.25) is 0 Å². The van der Waals surface area contributed by atoms with Crippen LogP contribution in [0, 0.1) is 10.1 Å². The average Bonchev–Trinajstić information content (AvgIpc) is 3.09. The van der Waals surface area contributed by atoms with Crippen LogP contribution in [0.4, 0.5) is 24.5 Å². The fourth-order valence-corrected chi connectivity index (χ4v) is 3.53. The van der Waals surface area contributed by atoms with Gasteiger partial charge < -0.3 is 5.32 Å². The molecule has 2 aromatic carbocycles. The van der Waals surface area contributed by atoms with Gasteiger partial charge in [-0.2, -0.15) is 13.2 Å². The molecule has 0 aliphatic carbocycles. The first-order valence-electron chi connectivity index (χ1n) is 8.98. The molecule has 3 aromatic rings. The molecule has 0 unspecified atom stereocenters. The van der Waals surface area contributed by atoms with Crippen LogP contribution in [-0.2, 0) is 12.7 Å². The second-order valence-corrected chi connectivity index (χ2v) is 6.83. The summed E-state index contributed by atoms with van der Waals surface area (Å²) in [5.41, 5.74) is 0.0700. The lowest BCUT2D eigenvalue weighted by molar-refractivity contribution is -0.383. The van der Waals surface area contributed by atoms with Crippen molar-refractivity contribution in [3.63, 3.8) is 0 Å². The number of nitrogens with zero attached hydrogens (tertiary/aromatic N) is 3. The van der Waals surface area contributed by atoms with E-state index in [4.69, 9.17) is 0 Å². The zero-order valence-corrected chi connectivity index (χ0v) is 15.7. The van der Waals surface area contributed by atoms with Crippen LogP contribution in [0.15, 0.2) is 41.2 Å². The Morgan fingerprint density at radius 3 is 2.67 bits per heavy atom. The second kappa shape index (κ2) is 6.97. The van der Waals surface area contributed by atoms with Crippen molar-refractivity contribution in [3.05, 3.63) is 73.8 Å². The Hall–Kier alpha value is -3.69. The highest BCUT2D eigenvalue weighted by atomic mass is 19.4. The Morgan fingerprint density at radius 1 is 1.23 bits per heavy atom. The van der Waals surface area contributed by atoms with E-state index in [1.165, 1.54) is 10.6 Å². The van der Waals surface area contributed by atoms with Crippen LogP contribution < -0.4 is 10.9 Å². The molecular formula is C20H15F3N4O3. The maximum atomic E-state index is 13.0. The van der Waals surface area contributed by atoms with E-state index in [9.17, 15) is 28.1 Å².